The number of hydrazone groups is 1. The van der Waals surface area contributed by atoms with Gasteiger partial charge in [-0.1, -0.05) is 28.1 Å². The molecular weight excluding hydrogens is 508 g/mol. The van der Waals surface area contributed by atoms with E-state index in [2.05, 4.69) is 52.1 Å². The summed E-state index contributed by atoms with van der Waals surface area (Å²) in [4.78, 5) is 19.3. The molecular formula is C21H13BrN8O4. The van der Waals surface area contributed by atoms with E-state index in [1.807, 2.05) is 24.3 Å². The zero-order valence-electron chi connectivity index (χ0n) is 17.0. The summed E-state index contributed by atoms with van der Waals surface area (Å²) in [6.07, 6.45) is 1.44. The Hall–Kier alpha value is -4.65. The molecule has 0 saturated carbocycles. The fourth-order valence-corrected chi connectivity index (χ4v) is 3.24. The van der Waals surface area contributed by atoms with Crippen LogP contribution in [0.4, 0.5) is 23.0 Å². The molecule has 2 aromatic carbocycles. The molecule has 0 unspecified atom stereocenters. The maximum Gasteiger partial charge on any atom is 0.270 e. The summed E-state index contributed by atoms with van der Waals surface area (Å²) in [5.41, 5.74) is 4.60. The first-order valence-corrected chi connectivity index (χ1v) is 10.5. The predicted octanol–water partition coefficient (Wildman–Crippen LogP) is 5.13. The van der Waals surface area contributed by atoms with Gasteiger partial charge in [-0.2, -0.15) is 10.1 Å². The monoisotopic (exact) mass is 520 g/mol. The van der Waals surface area contributed by atoms with Crippen LogP contribution < -0.4 is 10.7 Å². The van der Waals surface area contributed by atoms with Gasteiger partial charge >= 0.3 is 0 Å². The quantitative estimate of drug-likeness (QED) is 0.167. The van der Waals surface area contributed by atoms with Crippen LogP contribution in [-0.4, -0.2) is 31.4 Å². The van der Waals surface area contributed by atoms with Gasteiger partial charge in [0.15, 0.2) is 11.6 Å². The van der Waals surface area contributed by atoms with Crippen molar-refractivity contribution in [2.24, 2.45) is 5.10 Å². The smallest absolute Gasteiger partial charge is 0.270 e. The first-order chi connectivity index (χ1) is 16.5. The second-order valence-corrected chi connectivity index (χ2v) is 7.76. The van der Waals surface area contributed by atoms with Gasteiger partial charge in [0.25, 0.3) is 5.69 Å². The van der Waals surface area contributed by atoms with E-state index in [1.54, 1.807) is 24.3 Å². The van der Waals surface area contributed by atoms with E-state index in [0.29, 0.717) is 22.9 Å². The van der Waals surface area contributed by atoms with Crippen molar-refractivity contribution in [1.82, 2.24) is 20.3 Å². The Labute approximate surface area is 199 Å². The second kappa shape index (κ2) is 9.07. The lowest BCUT2D eigenvalue weighted by molar-refractivity contribution is -0.384. The van der Waals surface area contributed by atoms with E-state index in [9.17, 15) is 10.1 Å². The van der Waals surface area contributed by atoms with Crippen LogP contribution in [0.1, 0.15) is 5.76 Å². The van der Waals surface area contributed by atoms with Crippen LogP contribution >= 0.6 is 15.9 Å². The number of anilines is 3. The third kappa shape index (κ3) is 4.59. The number of benzene rings is 2. The summed E-state index contributed by atoms with van der Waals surface area (Å²) in [6, 6.07) is 17.1. The number of nitro benzene ring substituents is 1. The van der Waals surface area contributed by atoms with Gasteiger partial charge in [0.05, 0.1) is 11.1 Å². The van der Waals surface area contributed by atoms with Gasteiger partial charge in [-0.25, -0.2) is 9.61 Å². The Morgan fingerprint density at radius 2 is 1.76 bits per heavy atom. The third-order valence-corrected chi connectivity index (χ3v) is 5.08. The molecule has 0 spiro atoms. The van der Waals surface area contributed by atoms with E-state index >= 15 is 0 Å². The molecule has 0 aliphatic carbocycles. The second-order valence-electron chi connectivity index (χ2n) is 6.84. The minimum atomic E-state index is -0.457. The van der Waals surface area contributed by atoms with Crippen LogP contribution in [0.5, 0.6) is 0 Å². The molecule has 0 radical (unpaired) electrons. The minimum absolute atomic E-state index is 0.0205. The molecule has 13 heteroatoms. The summed E-state index contributed by atoms with van der Waals surface area (Å²) < 4.78 is 11.4. The van der Waals surface area contributed by atoms with E-state index in [-0.39, 0.29) is 22.8 Å². The molecule has 0 amide bonds. The molecule has 3 aromatic heterocycles. The third-order valence-electron chi connectivity index (χ3n) is 4.55. The Bertz CT molecular complexity index is 1510. The maximum atomic E-state index is 11.0. The molecule has 2 N–H and O–H groups in total. The van der Waals surface area contributed by atoms with Crippen molar-refractivity contribution in [2.45, 2.75) is 0 Å². The molecule has 5 aromatic rings. The number of aromatic nitrogens is 4. The first-order valence-electron chi connectivity index (χ1n) is 9.72. The Morgan fingerprint density at radius 1 is 1.00 bits per heavy atom. The lowest BCUT2D eigenvalue weighted by atomic mass is 10.1. The van der Waals surface area contributed by atoms with Crippen LogP contribution in [-0.2, 0) is 0 Å². The fourth-order valence-electron chi connectivity index (χ4n) is 2.98. The van der Waals surface area contributed by atoms with Crippen molar-refractivity contribution in [3.05, 3.63) is 81.0 Å². The van der Waals surface area contributed by atoms with Crippen LogP contribution in [0.25, 0.3) is 22.6 Å². The molecule has 168 valence electrons. The van der Waals surface area contributed by atoms with Crippen molar-refractivity contribution in [1.29, 1.82) is 0 Å². The highest BCUT2D eigenvalue weighted by atomic mass is 79.9. The van der Waals surface area contributed by atoms with Crippen molar-refractivity contribution >= 4 is 56.4 Å². The number of fused-ring (bicyclic) bond motifs is 1. The number of rotatable bonds is 7. The molecule has 12 nitrogen and oxygen atoms in total. The average molecular weight is 521 g/mol. The number of furan rings is 1. The number of non-ortho nitro benzene ring substituents is 1. The number of nitro groups is 1. The van der Waals surface area contributed by atoms with Crippen LogP contribution in [0.15, 0.2) is 79.3 Å². The van der Waals surface area contributed by atoms with Crippen LogP contribution in [0.3, 0.4) is 0 Å². The topological polar surface area (TPSA) is 157 Å². The van der Waals surface area contributed by atoms with E-state index in [1.165, 1.54) is 18.3 Å². The largest absolute Gasteiger partial charge is 0.455 e. The highest BCUT2D eigenvalue weighted by Gasteiger charge is 2.13. The standard InChI is InChI=1S/C21H13BrN8O4/c22-13-4-6-14(7-5-13)24-18-19(26-21-20(25-18)28-34-29-21)27-23-11-16-8-9-17(33-16)12-2-1-3-15(10-12)30(31)32/h1-11H,(H,24,25,28)(H,26,27,29)/b23-11+. The number of hydrogen-bond donors (Lipinski definition) is 2. The molecule has 0 fully saturated rings. The van der Waals surface area contributed by atoms with Gasteiger partial charge in [0.2, 0.25) is 11.3 Å². The number of nitrogens with one attached hydrogen (secondary N) is 2. The number of hydrogen-bond acceptors (Lipinski definition) is 11. The van der Waals surface area contributed by atoms with Crippen molar-refractivity contribution in [3.8, 4) is 11.3 Å². The highest BCUT2D eigenvalue weighted by molar-refractivity contribution is 9.10. The maximum absolute atomic E-state index is 11.0. The van der Waals surface area contributed by atoms with Crippen LogP contribution in [0.2, 0.25) is 0 Å². The average Bonchev–Trinajstić information content (AvgIpc) is 3.50. The number of nitrogens with zero attached hydrogens (tertiary/aromatic N) is 6. The number of halogens is 1. The van der Waals surface area contributed by atoms with Crippen LogP contribution in [0, 0.1) is 10.1 Å². The Balaban J connectivity index is 1.36. The molecule has 0 atom stereocenters. The van der Waals surface area contributed by atoms with Gasteiger partial charge in [-0.15, -0.1) is 0 Å². The summed E-state index contributed by atoms with van der Waals surface area (Å²) in [6.45, 7) is 0. The summed E-state index contributed by atoms with van der Waals surface area (Å²) in [5.74, 6) is 1.54. The van der Waals surface area contributed by atoms with Crippen molar-refractivity contribution in [3.63, 3.8) is 0 Å². The predicted molar refractivity (Wildman–Crippen MR) is 127 cm³/mol. The minimum Gasteiger partial charge on any atom is -0.455 e. The zero-order valence-corrected chi connectivity index (χ0v) is 18.6. The normalized spacial score (nSPS) is 11.2. The Morgan fingerprint density at radius 3 is 2.53 bits per heavy atom. The van der Waals surface area contributed by atoms with E-state index in [4.69, 9.17) is 9.05 Å². The molecule has 0 aliphatic heterocycles. The van der Waals surface area contributed by atoms with Gasteiger partial charge in [-0.05, 0) is 46.7 Å². The molecule has 3 heterocycles. The van der Waals surface area contributed by atoms with Crippen molar-refractivity contribution < 1.29 is 14.0 Å². The molecule has 0 bridgehead atoms. The summed E-state index contributed by atoms with van der Waals surface area (Å²) >= 11 is 3.40. The molecule has 0 saturated heterocycles. The first kappa shape index (κ1) is 21.2. The van der Waals surface area contributed by atoms with Gasteiger partial charge in [-0.3, -0.25) is 15.5 Å². The van der Waals surface area contributed by atoms with E-state index < -0.39 is 4.92 Å². The lowest BCUT2D eigenvalue weighted by Gasteiger charge is -2.09. The zero-order chi connectivity index (χ0) is 23.5. The molecule has 5 rings (SSSR count). The Kier molecular flexibility index (Phi) is 5.66. The van der Waals surface area contributed by atoms with Gasteiger partial charge in [0, 0.05) is 27.9 Å². The highest BCUT2D eigenvalue weighted by Crippen LogP contribution is 2.26. The van der Waals surface area contributed by atoms with Gasteiger partial charge < -0.3 is 9.73 Å². The lowest BCUT2D eigenvalue weighted by Crippen LogP contribution is -2.03. The summed E-state index contributed by atoms with van der Waals surface area (Å²) in [5, 5.41) is 25.8. The van der Waals surface area contributed by atoms with Crippen molar-refractivity contribution in [2.75, 3.05) is 10.7 Å². The fraction of sp³-hybridized carbons (Fsp3) is 0. The molecule has 0 aliphatic rings. The van der Waals surface area contributed by atoms with E-state index in [0.717, 1.165) is 10.2 Å². The molecule has 34 heavy (non-hydrogen) atoms. The summed E-state index contributed by atoms with van der Waals surface area (Å²) in [7, 11) is 0. The SMILES string of the molecule is O=[N+]([O-])c1cccc(-c2ccc(/C=N/Nc3nc4nonc4nc3Nc3ccc(Br)cc3)o2)c1. The van der Waals surface area contributed by atoms with Gasteiger partial charge in [0.1, 0.15) is 11.5 Å².